The molecule has 2 aromatic heterocycles. The van der Waals surface area contributed by atoms with Gasteiger partial charge in [-0.25, -0.2) is 14.8 Å². The second kappa shape index (κ2) is 8.36. The normalized spacial score (nSPS) is 20.1. The largest absolute Gasteiger partial charge is 0.361 e. The topological polar surface area (TPSA) is 107 Å². The average molecular weight is 391 g/mol. The van der Waals surface area contributed by atoms with Gasteiger partial charge in [-0.15, -0.1) is 0 Å². The van der Waals surface area contributed by atoms with Crippen LogP contribution in [0.5, 0.6) is 0 Å². The highest BCUT2D eigenvalue weighted by molar-refractivity contribution is 6.76. The van der Waals surface area contributed by atoms with Crippen molar-refractivity contribution in [1.29, 1.82) is 0 Å². The molecule has 0 aliphatic heterocycles. The van der Waals surface area contributed by atoms with Crippen molar-refractivity contribution < 1.29 is 9.53 Å². The van der Waals surface area contributed by atoms with E-state index in [9.17, 15) is 4.79 Å². The number of aromatic nitrogens is 3. The molecule has 2 amide bonds. The van der Waals surface area contributed by atoms with Crippen molar-refractivity contribution in [1.82, 2.24) is 19.9 Å². The Morgan fingerprint density at radius 1 is 1.41 bits per heavy atom. The van der Waals surface area contributed by atoms with Gasteiger partial charge in [0.05, 0.1) is 6.20 Å². The fraction of sp³-hybridized carbons (Fsp3) is 0.611. The van der Waals surface area contributed by atoms with Gasteiger partial charge < -0.3 is 20.4 Å². The summed E-state index contributed by atoms with van der Waals surface area (Å²) < 4.78 is 7.71. The van der Waals surface area contributed by atoms with E-state index in [-0.39, 0.29) is 18.1 Å². The maximum atomic E-state index is 12.1. The number of rotatable bonds is 7. The van der Waals surface area contributed by atoms with Gasteiger partial charge in [-0.1, -0.05) is 19.6 Å². The second-order valence-electron chi connectivity index (χ2n) is 8.47. The average Bonchev–Trinajstić information content (AvgIpc) is 3.16. The summed E-state index contributed by atoms with van der Waals surface area (Å²) in [6, 6.07) is 3.05. The van der Waals surface area contributed by atoms with Gasteiger partial charge in [0.25, 0.3) is 0 Å². The lowest BCUT2D eigenvalue weighted by atomic mass is 10.2. The first kappa shape index (κ1) is 19.8. The Balaban J connectivity index is 1.54. The van der Waals surface area contributed by atoms with E-state index in [1.54, 1.807) is 6.20 Å². The first-order valence-corrected chi connectivity index (χ1v) is 13.2. The Hall–Kier alpha value is -1.97. The molecular weight excluding hydrogens is 360 g/mol. The SMILES string of the molecule is C[Si](C)(C)CCOCn1ccc2nc(NC(=O)N[C@@H]3CC[C@@H](N)C3)cnc21. The number of hydrogen-bond donors (Lipinski definition) is 3. The van der Waals surface area contributed by atoms with Crippen molar-refractivity contribution in [2.75, 3.05) is 11.9 Å². The molecule has 3 rings (SSSR count). The third kappa shape index (κ3) is 5.75. The van der Waals surface area contributed by atoms with Gasteiger partial charge >= 0.3 is 6.03 Å². The lowest BCUT2D eigenvalue weighted by molar-refractivity contribution is 0.0899. The van der Waals surface area contributed by atoms with E-state index in [2.05, 4.69) is 40.2 Å². The fourth-order valence-corrected chi connectivity index (χ4v) is 3.91. The molecule has 148 valence electrons. The zero-order valence-electron chi connectivity index (χ0n) is 16.4. The van der Waals surface area contributed by atoms with E-state index in [1.165, 1.54) is 0 Å². The Kier molecular flexibility index (Phi) is 6.13. The van der Waals surface area contributed by atoms with Crippen molar-refractivity contribution >= 4 is 31.1 Å². The Morgan fingerprint density at radius 3 is 2.93 bits per heavy atom. The van der Waals surface area contributed by atoms with Crippen molar-refractivity contribution in [3.63, 3.8) is 0 Å². The molecule has 1 aliphatic rings. The first-order chi connectivity index (χ1) is 12.8. The van der Waals surface area contributed by atoms with Gasteiger partial charge in [-0.05, 0) is 31.4 Å². The minimum atomic E-state index is -1.09. The van der Waals surface area contributed by atoms with E-state index in [4.69, 9.17) is 10.5 Å². The van der Waals surface area contributed by atoms with Crippen LogP contribution in [0.1, 0.15) is 19.3 Å². The molecule has 0 bridgehead atoms. The maximum Gasteiger partial charge on any atom is 0.320 e. The highest BCUT2D eigenvalue weighted by Gasteiger charge is 2.23. The van der Waals surface area contributed by atoms with Gasteiger partial charge in [0.2, 0.25) is 0 Å². The second-order valence-corrected chi connectivity index (χ2v) is 14.1. The summed E-state index contributed by atoms with van der Waals surface area (Å²) in [5.74, 6) is 0.430. The number of anilines is 1. The molecule has 1 fully saturated rings. The van der Waals surface area contributed by atoms with Gasteiger partial charge in [-0.3, -0.25) is 5.32 Å². The van der Waals surface area contributed by atoms with Crippen molar-refractivity contribution in [2.45, 2.75) is 63.8 Å². The van der Waals surface area contributed by atoms with E-state index < -0.39 is 8.07 Å². The number of nitrogens with zero attached hydrogens (tertiary/aromatic N) is 3. The predicted octanol–water partition coefficient (Wildman–Crippen LogP) is 2.74. The number of amides is 2. The van der Waals surface area contributed by atoms with Crippen LogP contribution in [0.3, 0.4) is 0 Å². The van der Waals surface area contributed by atoms with E-state index in [0.29, 0.717) is 12.5 Å². The third-order valence-electron chi connectivity index (χ3n) is 4.74. The summed E-state index contributed by atoms with van der Waals surface area (Å²) in [4.78, 5) is 21.0. The van der Waals surface area contributed by atoms with Crippen molar-refractivity contribution in [2.24, 2.45) is 5.73 Å². The summed E-state index contributed by atoms with van der Waals surface area (Å²) in [6.45, 7) is 8.21. The number of carbonyl (C=O) groups is 1. The zero-order valence-corrected chi connectivity index (χ0v) is 17.4. The molecule has 1 aliphatic carbocycles. The van der Waals surface area contributed by atoms with E-state index in [1.807, 2.05) is 16.8 Å². The minimum absolute atomic E-state index is 0.131. The van der Waals surface area contributed by atoms with Crippen LogP contribution in [0.25, 0.3) is 11.2 Å². The number of urea groups is 1. The van der Waals surface area contributed by atoms with Crippen molar-refractivity contribution in [3.05, 3.63) is 18.5 Å². The summed E-state index contributed by atoms with van der Waals surface area (Å²) >= 11 is 0. The molecule has 0 saturated heterocycles. The Morgan fingerprint density at radius 2 is 2.22 bits per heavy atom. The molecule has 0 unspecified atom stereocenters. The molecule has 8 nitrogen and oxygen atoms in total. The van der Waals surface area contributed by atoms with Crippen LogP contribution in [-0.2, 0) is 11.5 Å². The van der Waals surface area contributed by atoms with Crippen LogP contribution in [-0.4, -0.2) is 47.3 Å². The van der Waals surface area contributed by atoms with E-state index >= 15 is 0 Å². The predicted molar refractivity (Wildman–Crippen MR) is 109 cm³/mol. The minimum Gasteiger partial charge on any atom is -0.361 e. The van der Waals surface area contributed by atoms with Crippen LogP contribution in [0.4, 0.5) is 10.6 Å². The molecule has 27 heavy (non-hydrogen) atoms. The van der Waals surface area contributed by atoms with Crippen LogP contribution < -0.4 is 16.4 Å². The maximum absolute atomic E-state index is 12.1. The van der Waals surface area contributed by atoms with Crippen LogP contribution in [0.15, 0.2) is 18.5 Å². The van der Waals surface area contributed by atoms with Crippen LogP contribution >= 0.6 is 0 Å². The van der Waals surface area contributed by atoms with Gasteiger partial charge in [0, 0.05) is 33.0 Å². The lowest BCUT2D eigenvalue weighted by Gasteiger charge is -2.15. The fourth-order valence-electron chi connectivity index (χ4n) is 3.15. The quantitative estimate of drug-likeness (QED) is 0.498. The first-order valence-electron chi connectivity index (χ1n) is 9.53. The van der Waals surface area contributed by atoms with Crippen molar-refractivity contribution in [3.8, 4) is 0 Å². The number of carbonyl (C=O) groups excluding carboxylic acids is 1. The summed E-state index contributed by atoms with van der Waals surface area (Å²) in [6.07, 6.45) is 6.16. The number of ether oxygens (including phenoxy) is 1. The number of fused-ring (bicyclic) bond motifs is 1. The Labute approximate surface area is 160 Å². The molecule has 9 heteroatoms. The molecule has 0 radical (unpaired) electrons. The highest BCUT2D eigenvalue weighted by Crippen LogP contribution is 2.18. The number of hydrogen-bond acceptors (Lipinski definition) is 5. The molecule has 0 spiro atoms. The molecule has 2 aromatic rings. The third-order valence-corrected chi connectivity index (χ3v) is 6.44. The van der Waals surface area contributed by atoms with Gasteiger partial charge in [0.15, 0.2) is 11.5 Å². The zero-order chi connectivity index (χ0) is 19.4. The number of nitrogens with one attached hydrogen (secondary N) is 2. The molecular formula is C18H30N6O2Si. The molecule has 2 atom stereocenters. The standard InChI is InChI=1S/C18H30N6O2Si/c1-27(2,3)9-8-26-12-24-7-6-15-17(24)20-11-16(22-15)23-18(25)21-14-5-4-13(19)10-14/h6-7,11,13-14H,4-5,8-10,12,19H2,1-3H3,(H2,21,22,23,25)/t13-,14-/m1/s1. The summed E-state index contributed by atoms with van der Waals surface area (Å²) in [7, 11) is -1.09. The molecule has 0 aromatic carbocycles. The van der Waals surface area contributed by atoms with E-state index in [0.717, 1.165) is 43.1 Å². The number of nitrogens with two attached hydrogens (primary N) is 1. The summed E-state index contributed by atoms with van der Waals surface area (Å²) in [5.41, 5.74) is 7.35. The lowest BCUT2D eigenvalue weighted by Crippen LogP contribution is -2.37. The van der Waals surface area contributed by atoms with Gasteiger partial charge in [0.1, 0.15) is 12.2 Å². The van der Waals surface area contributed by atoms with Crippen LogP contribution in [0.2, 0.25) is 25.7 Å². The molecule has 2 heterocycles. The highest BCUT2D eigenvalue weighted by atomic mass is 28.3. The van der Waals surface area contributed by atoms with Crippen LogP contribution in [0, 0.1) is 0 Å². The molecule has 4 N–H and O–H groups in total. The Bertz CT molecular complexity index is 788. The monoisotopic (exact) mass is 390 g/mol. The molecule has 1 saturated carbocycles. The summed E-state index contributed by atoms with van der Waals surface area (Å²) in [5, 5.41) is 5.69. The van der Waals surface area contributed by atoms with Gasteiger partial charge in [-0.2, -0.15) is 0 Å². The smallest absolute Gasteiger partial charge is 0.320 e.